The van der Waals surface area contributed by atoms with Gasteiger partial charge in [-0.3, -0.25) is 0 Å². The van der Waals surface area contributed by atoms with E-state index in [9.17, 15) is 0 Å². The van der Waals surface area contributed by atoms with Crippen LogP contribution < -0.4 is 18.3 Å². The first-order valence-electron chi connectivity index (χ1n) is 15.2. The van der Waals surface area contributed by atoms with Gasteiger partial charge in [0.25, 0.3) is 0 Å². The van der Waals surface area contributed by atoms with Crippen LogP contribution in [0.4, 0.5) is 0 Å². The standard InChI is InChI=1S/C35H48N4/c1-3-36-24-14-32(15-25-36)34-18-28-38(29-19-34)22-12-10-8-6-5-7-9-11-13-23-39-30-20-35(21-31-39)33-16-26-37(4-2)27-17-33/h14-21,24-31H,3-13,22-23H2,1-2H3/q+4. The van der Waals surface area contributed by atoms with Crippen molar-refractivity contribution < 1.29 is 18.3 Å². The normalized spacial score (nSPS) is 11.1. The highest BCUT2D eigenvalue weighted by Crippen LogP contribution is 2.17. The van der Waals surface area contributed by atoms with Crippen molar-refractivity contribution in [3.63, 3.8) is 0 Å². The summed E-state index contributed by atoms with van der Waals surface area (Å²) in [6, 6.07) is 17.8. The summed E-state index contributed by atoms with van der Waals surface area (Å²) in [5.41, 5.74) is 5.15. The maximum Gasteiger partial charge on any atom is 0.169 e. The van der Waals surface area contributed by atoms with E-state index >= 15 is 0 Å². The van der Waals surface area contributed by atoms with Gasteiger partial charge in [-0.25, -0.2) is 18.3 Å². The molecular formula is C35H48N4+4. The van der Waals surface area contributed by atoms with E-state index in [1.54, 1.807) is 0 Å². The van der Waals surface area contributed by atoms with E-state index in [0.29, 0.717) is 0 Å². The summed E-state index contributed by atoms with van der Waals surface area (Å²) in [5.74, 6) is 0. The molecule has 0 atom stereocenters. The predicted molar refractivity (Wildman–Crippen MR) is 157 cm³/mol. The van der Waals surface area contributed by atoms with Gasteiger partial charge in [0, 0.05) is 61.4 Å². The van der Waals surface area contributed by atoms with Crippen LogP contribution in [0.15, 0.2) is 98.1 Å². The third kappa shape index (κ3) is 9.38. The smallest absolute Gasteiger partial charge is 0.169 e. The van der Waals surface area contributed by atoms with Crippen molar-refractivity contribution in [1.82, 2.24) is 0 Å². The average molecular weight is 525 g/mol. The molecule has 4 nitrogen and oxygen atoms in total. The van der Waals surface area contributed by atoms with E-state index in [2.05, 4.69) is 130 Å². The molecule has 0 fully saturated rings. The molecule has 0 unspecified atom stereocenters. The number of unbranched alkanes of at least 4 members (excludes halogenated alkanes) is 8. The monoisotopic (exact) mass is 524 g/mol. The number of nitrogens with zero attached hydrogens (tertiary/aromatic N) is 4. The Morgan fingerprint density at radius 2 is 0.564 bits per heavy atom. The van der Waals surface area contributed by atoms with Gasteiger partial charge in [0.05, 0.1) is 0 Å². The minimum absolute atomic E-state index is 1.01. The topological polar surface area (TPSA) is 15.5 Å². The molecular weight excluding hydrogens is 476 g/mol. The second kappa shape index (κ2) is 15.9. The summed E-state index contributed by atoms with van der Waals surface area (Å²) in [7, 11) is 0. The first kappa shape index (κ1) is 28.6. The lowest BCUT2D eigenvalue weighted by Gasteiger charge is -2.03. The molecule has 4 heterocycles. The lowest BCUT2D eigenvalue weighted by Crippen LogP contribution is -2.32. The molecule has 4 aromatic rings. The minimum atomic E-state index is 1.01. The maximum absolute atomic E-state index is 2.33. The number of pyridine rings is 4. The van der Waals surface area contributed by atoms with Crippen LogP contribution in [0.25, 0.3) is 22.3 Å². The van der Waals surface area contributed by atoms with Gasteiger partial charge in [-0.1, -0.05) is 32.1 Å². The van der Waals surface area contributed by atoms with E-state index in [0.717, 1.165) is 26.2 Å². The van der Waals surface area contributed by atoms with Gasteiger partial charge in [-0.05, 0) is 48.9 Å². The lowest BCUT2D eigenvalue weighted by molar-refractivity contribution is -0.697. The highest BCUT2D eigenvalue weighted by atomic mass is 14.9. The fourth-order valence-corrected chi connectivity index (χ4v) is 5.15. The minimum Gasteiger partial charge on any atom is -0.205 e. The van der Waals surface area contributed by atoms with Crippen molar-refractivity contribution in [2.45, 2.75) is 97.8 Å². The number of rotatable bonds is 16. The highest BCUT2D eigenvalue weighted by Gasteiger charge is 2.06. The molecule has 4 rings (SSSR count). The van der Waals surface area contributed by atoms with Gasteiger partial charge in [0.1, 0.15) is 26.2 Å². The van der Waals surface area contributed by atoms with E-state index in [4.69, 9.17) is 0 Å². The third-order valence-corrected chi connectivity index (χ3v) is 7.79. The summed E-state index contributed by atoms with van der Waals surface area (Å²) in [6.45, 7) is 8.60. The van der Waals surface area contributed by atoms with Crippen molar-refractivity contribution in [2.75, 3.05) is 0 Å². The molecule has 0 saturated carbocycles. The van der Waals surface area contributed by atoms with E-state index in [-0.39, 0.29) is 0 Å². The Labute approximate surface area is 236 Å². The zero-order valence-corrected chi connectivity index (χ0v) is 24.2. The van der Waals surface area contributed by atoms with Crippen LogP contribution in [0.5, 0.6) is 0 Å². The van der Waals surface area contributed by atoms with Crippen LogP contribution in [0, 0.1) is 0 Å². The summed E-state index contributed by atoms with van der Waals surface area (Å²) < 4.78 is 9.04. The summed E-state index contributed by atoms with van der Waals surface area (Å²) in [4.78, 5) is 0. The van der Waals surface area contributed by atoms with E-state index < -0.39 is 0 Å². The zero-order chi connectivity index (χ0) is 27.1. The Kier molecular flexibility index (Phi) is 11.6. The molecule has 0 amide bonds. The van der Waals surface area contributed by atoms with Crippen molar-refractivity contribution in [3.05, 3.63) is 98.1 Å². The number of hydrogen-bond donors (Lipinski definition) is 0. The quantitative estimate of drug-likeness (QED) is 0.119. The van der Waals surface area contributed by atoms with Crippen LogP contribution in [0.2, 0.25) is 0 Å². The van der Waals surface area contributed by atoms with Crippen LogP contribution in [0.3, 0.4) is 0 Å². The molecule has 0 aromatic carbocycles. The van der Waals surface area contributed by atoms with Crippen molar-refractivity contribution >= 4 is 0 Å². The van der Waals surface area contributed by atoms with Crippen molar-refractivity contribution in [1.29, 1.82) is 0 Å². The van der Waals surface area contributed by atoms with Crippen LogP contribution in [0.1, 0.15) is 71.6 Å². The van der Waals surface area contributed by atoms with Gasteiger partial charge in [0.2, 0.25) is 0 Å². The zero-order valence-electron chi connectivity index (χ0n) is 24.2. The van der Waals surface area contributed by atoms with Gasteiger partial charge < -0.3 is 0 Å². The summed E-state index contributed by atoms with van der Waals surface area (Å²) in [5, 5.41) is 0. The van der Waals surface area contributed by atoms with Crippen LogP contribution in [-0.4, -0.2) is 0 Å². The van der Waals surface area contributed by atoms with Crippen LogP contribution >= 0.6 is 0 Å². The van der Waals surface area contributed by atoms with Gasteiger partial charge in [-0.15, -0.1) is 0 Å². The van der Waals surface area contributed by atoms with Crippen molar-refractivity contribution in [3.8, 4) is 22.3 Å². The Hall–Kier alpha value is -3.40. The molecule has 39 heavy (non-hydrogen) atoms. The second-order valence-electron chi connectivity index (χ2n) is 10.7. The molecule has 0 aliphatic carbocycles. The number of aromatic nitrogens is 4. The molecule has 0 N–H and O–H groups in total. The summed E-state index contributed by atoms with van der Waals surface area (Å²) >= 11 is 0. The van der Waals surface area contributed by atoms with Crippen LogP contribution in [-0.2, 0) is 26.2 Å². The molecule has 0 aliphatic rings. The highest BCUT2D eigenvalue weighted by molar-refractivity contribution is 5.61. The summed E-state index contributed by atoms with van der Waals surface area (Å²) in [6.07, 6.45) is 29.6. The van der Waals surface area contributed by atoms with Gasteiger partial charge in [-0.2, -0.15) is 0 Å². The molecule has 0 radical (unpaired) electrons. The molecule has 0 spiro atoms. The first-order valence-corrected chi connectivity index (χ1v) is 15.2. The lowest BCUT2D eigenvalue weighted by atomic mass is 10.1. The largest absolute Gasteiger partial charge is 0.205 e. The maximum atomic E-state index is 2.33. The number of aryl methyl sites for hydroxylation is 4. The molecule has 4 aromatic heterocycles. The predicted octanol–water partition coefficient (Wildman–Crippen LogP) is 6.42. The second-order valence-corrected chi connectivity index (χ2v) is 10.7. The Balaban J connectivity index is 1.01. The molecule has 204 valence electrons. The SMILES string of the molecule is CC[n+]1ccc(-c2cc[n+](CCCCCCCCCCC[n+]3ccc(-c4cc[n+](CC)cc4)cc3)cc2)cc1. The molecule has 0 bridgehead atoms. The fourth-order valence-electron chi connectivity index (χ4n) is 5.15. The first-order chi connectivity index (χ1) is 19.2. The van der Waals surface area contributed by atoms with E-state index in [1.165, 1.54) is 80.0 Å². The molecule has 4 heteroatoms. The van der Waals surface area contributed by atoms with Gasteiger partial charge >= 0.3 is 0 Å². The third-order valence-electron chi connectivity index (χ3n) is 7.79. The van der Waals surface area contributed by atoms with E-state index in [1.807, 2.05) is 0 Å². The Morgan fingerprint density at radius 3 is 0.821 bits per heavy atom. The molecule has 0 saturated heterocycles. The van der Waals surface area contributed by atoms with Gasteiger partial charge in [0.15, 0.2) is 49.6 Å². The Morgan fingerprint density at radius 1 is 0.333 bits per heavy atom. The average Bonchev–Trinajstić information content (AvgIpc) is 3.00. The number of hydrogen-bond acceptors (Lipinski definition) is 0. The Bertz CT molecular complexity index is 1110. The fraction of sp³-hybridized carbons (Fsp3) is 0.429. The molecule has 0 aliphatic heterocycles. The van der Waals surface area contributed by atoms with Crippen molar-refractivity contribution in [2.24, 2.45) is 0 Å².